The zero-order valence-electron chi connectivity index (χ0n) is 13.3. The van der Waals surface area contributed by atoms with Crippen molar-refractivity contribution in [3.05, 3.63) is 38.9 Å². The van der Waals surface area contributed by atoms with Crippen LogP contribution in [0, 0.1) is 16.0 Å². The highest BCUT2D eigenvalue weighted by Crippen LogP contribution is 2.25. The lowest BCUT2D eigenvalue weighted by atomic mass is 9.86. The van der Waals surface area contributed by atoms with Crippen LogP contribution in [0.1, 0.15) is 43.0 Å². The number of nitrogens with one attached hydrogen (secondary N) is 1. The van der Waals surface area contributed by atoms with Crippen LogP contribution in [-0.2, 0) is 9.53 Å². The van der Waals surface area contributed by atoms with Gasteiger partial charge in [-0.15, -0.1) is 0 Å². The molecule has 7 nitrogen and oxygen atoms in total. The van der Waals surface area contributed by atoms with Gasteiger partial charge in [-0.1, -0.05) is 31.4 Å². The molecule has 24 heavy (non-hydrogen) atoms. The second kappa shape index (κ2) is 8.10. The number of rotatable bonds is 5. The maximum atomic E-state index is 12.0. The highest BCUT2D eigenvalue weighted by Gasteiger charge is 2.25. The van der Waals surface area contributed by atoms with Crippen LogP contribution in [0.25, 0.3) is 0 Å². The Morgan fingerprint density at radius 3 is 2.75 bits per heavy atom. The standard InChI is InChI=1S/C16H19ClN2O5/c1-10-4-2-3-5-13(10)18-15(20)9-24-16(21)12-7-6-11(17)8-14(12)19(22)23/h6-8,10,13H,2-5,9H2,1H3,(H,18,20)/t10-,13-/m1/s1. The lowest BCUT2D eigenvalue weighted by Crippen LogP contribution is -2.42. The van der Waals surface area contributed by atoms with Crippen molar-refractivity contribution in [3.8, 4) is 0 Å². The van der Waals surface area contributed by atoms with E-state index in [2.05, 4.69) is 12.2 Å². The van der Waals surface area contributed by atoms with Crippen LogP contribution in [-0.4, -0.2) is 29.4 Å². The Bertz CT molecular complexity index is 649. The number of nitro benzene ring substituents is 1. The first-order valence-electron chi connectivity index (χ1n) is 7.79. The van der Waals surface area contributed by atoms with Crippen LogP contribution in [0.4, 0.5) is 5.69 Å². The Morgan fingerprint density at radius 2 is 2.08 bits per heavy atom. The summed E-state index contributed by atoms with van der Waals surface area (Å²) < 4.78 is 4.90. The van der Waals surface area contributed by atoms with E-state index < -0.39 is 29.1 Å². The molecule has 0 saturated heterocycles. The van der Waals surface area contributed by atoms with Gasteiger partial charge in [0, 0.05) is 17.1 Å². The molecule has 2 rings (SSSR count). The number of halogens is 1. The molecule has 1 saturated carbocycles. The predicted octanol–water partition coefficient (Wildman–Crippen LogP) is 3.10. The van der Waals surface area contributed by atoms with Gasteiger partial charge >= 0.3 is 5.97 Å². The molecule has 1 N–H and O–H groups in total. The SMILES string of the molecule is C[C@@H]1CCCC[C@H]1NC(=O)COC(=O)c1ccc(Cl)cc1[N+](=O)[O-]. The highest BCUT2D eigenvalue weighted by molar-refractivity contribution is 6.31. The van der Waals surface area contributed by atoms with Gasteiger partial charge in [0.2, 0.25) is 0 Å². The lowest BCUT2D eigenvalue weighted by Gasteiger charge is -2.29. The van der Waals surface area contributed by atoms with Gasteiger partial charge in [0.05, 0.1) is 4.92 Å². The van der Waals surface area contributed by atoms with Crippen molar-refractivity contribution in [1.29, 1.82) is 0 Å². The third-order valence-corrected chi connectivity index (χ3v) is 4.40. The molecule has 1 amide bonds. The molecule has 1 aromatic rings. The van der Waals surface area contributed by atoms with E-state index in [1.54, 1.807) is 0 Å². The maximum absolute atomic E-state index is 12.0. The van der Waals surface area contributed by atoms with Crippen molar-refractivity contribution in [3.63, 3.8) is 0 Å². The number of carbonyl (C=O) groups excluding carboxylic acids is 2. The molecular weight excluding hydrogens is 336 g/mol. The molecule has 2 atom stereocenters. The van der Waals surface area contributed by atoms with E-state index in [0.29, 0.717) is 5.92 Å². The molecule has 0 unspecified atom stereocenters. The van der Waals surface area contributed by atoms with Gasteiger partial charge in [-0.3, -0.25) is 14.9 Å². The molecule has 0 heterocycles. The first-order valence-corrected chi connectivity index (χ1v) is 8.16. The summed E-state index contributed by atoms with van der Waals surface area (Å²) in [5, 5.41) is 14.0. The monoisotopic (exact) mass is 354 g/mol. The average Bonchev–Trinajstić information content (AvgIpc) is 2.54. The molecule has 8 heteroatoms. The first kappa shape index (κ1) is 18.2. The Balaban J connectivity index is 1.93. The number of nitrogens with zero attached hydrogens (tertiary/aromatic N) is 1. The number of nitro groups is 1. The van der Waals surface area contributed by atoms with E-state index in [-0.39, 0.29) is 16.6 Å². The van der Waals surface area contributed by atoms with Crippen molar-refractivity contribution in [2.24, 2.45) is 5.92 Å². The smallest absolute Gasteiger partial charge is 0.345 e. The molecule has 1 aromatic carbocycles. The van der Waals surface area contributed by atoms with Crippen LogP contribution in [0.5, 0.6) is 0 Å². The molecule has 0 spiro atoms. The average molecular weight is 355 g/mol. The summed E-state index contributed by atoms with van der Waals surface area (Å²) in [4.78, 5) is 34.2. The summed E-state index contributed by atoms with van der Waals surface area (Å²) in [5.74, 6) is -0.945. The molecule has 0 aliphatic heterocycles. The normalized spacial score (nSPS) is 20.2. The largest absolute Gasteiger partial charge is 0.452 e. The lowest BCUT2D eigenvalue weighted by molar-refractivity contribution is -0.385. The molecule has 130 valence electrons. The number of ether oxygens (including phenoxy) is 1. The highest BCUT2D eigenvalue weighted by atomic mass is 35.5. The third-order valence-electron chi connectivity index (χ3n) is 4.17. The summed E-state index contributed by atoms with van der Waals surface area (Å²) in [6.45, 7) is 1.61. The van der Waals surface area contributed by atoms with Crippen LogP contribution in [0.2, 0.25) is 5.02 Å². The number of amides is 1. The van der Waals surface area contributed by atoms with Crippen molar-refractivity contribution < 1.29 is 19.2 Å². The van der Waals surface area contributed by atoms with E-state index >= 15 is 0 Å². The molecule has 0 aromatic heterocycles. The van der Waals surface area contributed by atoms with E-state index in [1.807, 2.05) is 0 Å². The van der Waals surface area contributed by atoms with Crippen molar-refractivity contribution in [2.45, 2.75) is 38.6 Å². The van der Waals surface area contributed by atoms with Gasteiger partial charge in [-0.25, -0.2) is 4.79 Å². The minimum absolute atomic E-state index is 0.0785. The Kier molecular flexibility index (Phi) is 6.14. The summed E-state index contributed by atoms with van der Waals surface area (Å²) in [7, 11) is 0. The van der Waals surface area contributed by atoms with Gasteiger partial charge in [-0.05, 0) is 30.9 Å². The quantitative estimate of drug-likeness (QED) is 0.497. The van der Waals surface area contributed by atoms with E-state index in [9.17, 15) is 19.7 Å². The van der Waals surface area contributed by atoms with E-state index in [1.165, 1.54) is 12.1 Å². The summed E-state index contributed by atoms with van der Waals surface area (Å²) in [6.07, 6.45) is 4.18. The van der Waals surface area contributed by atoms with E-state index in [0.717, 1.165) is 31.7 Å². The van der Waals surface area contributed by atoms with Gasteiger partial charge in [0.25, 0.3) is 11.6 Å². The number of carbonyl (C=O) groups is 2. The minimum Gasteiger partial charge on any atom is -0.452 e. The summed E-state index contributed by atoms with van der Waals surface area (Å²) in [6, 6.07) is 3.72. The van der Waals surface area contributed by atoms with Crippen molar-refractivity contribution in [2.75, 3.05) is 6.61 Å². The fraction of sp³-hybridized carbons (Fsp3) is 0.500. The van der Waals surface area contributed by atoms with Gasteiger partial charge in [0.1, 0.15) is 5.56 Å². The molecule has 0 bridgehead atoms. The predicted molar refractivity (Wildman–Crippen MR) is 88.0 cm³/mol. The summed E-state index contributed by atoms with van der Waals surface area (Å²) >= 11 is 5.69. The zero-order chi connectivity index (χ0) is 17.7. The molecule has 0 radical (unpaired) electrons. The minimum atomic E-state index is -0.926. The van der Waals surface area contributed by atoms with Gasteiger partial charge < -0.3 is 10.1 Å². The van der Waals surface area contributed by atoms with Crippen LogP contribution >= 0.6 is 11.6 Å². The number of hydrogen-bond acceptors (Lipinski definition) is 5. The molecule has 1 aliphatic carbocycles. The third kappa shape index (κ3) is 4.67. The topological polar surface area (TPSA) is 98.5 Å². The zero-order valence-corrected chi connectivity index (χ0v) is 14.0. The fourth-order valence-electron chi connectivity index (χ4n) is 2.82. The van der Waals surface area contributed by atoms with Crippen molar-refractivity contribution >= 4 is 29.2 Å². The summed E-state index contributed by atoms with van der Waals surface area (Å²) in [5.41, 5.74) is -0.683. The number of esters is 1. The second-order valence-corrected chi connectivity index (χ2v) is 6.37. The first-order chi connectivity index (χ1) is 11.4. The number of benzene rings is 1. The molecule has 1 fully saturated rings. The Hall–Kier alpha value is -2.15. The molecular formula is C16H19ClN2O5. The maximum Gasteiger partial charge on any atom is 0.345 e. The van der Waals surface area contributed by atoms with Crippen LogP contribution < -0.4 is 5.32 Å². The van der Waals surface area contributed by atoms with Gasteiger partial charge in [-0.2, -0.15) is 0 Å². The second-order valence-electron chi connectivity index (χ2n) is 5.93. The van der Waals surface area contributed by atoms with Crippen LogP contribution in [0.15, 0.2) is 18.2 Å². The molecule has 1 aliphatic rings. The number of hydrogen-bond donors (Lipinski definition) is 1. The van der Waals surface area contributed by atoms with Crippen LogP contribution in [0.3, 0.4) is 0 Å². The Labute approximate surface area is 144 Å². The van der Waals surface area contributed by atoms with Gasteiger partial charge in [0.15, 0.2) is 6.61 Å². The fourth-order valence-corrected chi connectivity index (χ4v) is 2.98. The van der Waals surface area contributed by atoms with Crippen molar-refractivity contribution in [1.82, 2.24) is 5.32 Å². The van der Waals surface area contributed by atoms with E-state index in [4.69, 9.17) is 16.3 Å². The Morgan fingerprint density at radius 1 is 1.38 bits per heavy atom.